The minimum atomic E-state index is 0.114. The third-order valence-corrected chi connectivity index (χ3v) is 4.03. The molecule has 0 aliphatic carbocycles. The van der Waals surface area contributed by atoms with Crippen molar-refractivity contribution < 1.29 is 0 Å². The van der Waals surface area contributed by atoms with Gasteiger partial charge in [-0.3, -0.25) is 0 Å². The summed E-state index contributed by atoms with van der Waals surface area (Å²) in [4.78, 5) is 0. The van der Waals surface area contributed by atoms with E-state index in [1.54, 1.807) is 0 Å². The highest BCUT2D eigenvalue weighted by molar-refractivity contribution is 9.11. The van der Waals surface area contributed by atoms with Gasteiger partial charge in [0.05, 0.1) is 5.38 Å². The third kappa shape index (κ3) is 4.46. The second-order valence-corrected chi connectivity index (χ2v) is 5.93. The Labute approximate surface area is 114 Å². The fourth-order valence-corrected chi connectivity index (χ4v) is 2.85. The van der Waals surface area contributed by atoms with Crippen LogP contribution in [0.4, 0.5) is 0 Å². The van der Waals surface area contributed by atoms with Gasteiger partial charge in [-0.2, -0.15) is 0 Å². The SMILES string of the molecule is CCCCCC(Cl)c1cc(Br)ccc1Br. The number of benzene rings is 1. The molecule has 0 amide bonds. The molecular formula is C12H15Br2Cl. The van der Waals surface area contributed by atoms with Gasteiger partial charge in [0.2, 0.25) is 0 Å². The lowest BCUT2D eigenvalue weighted by molar-refractivity contribution is 0.654. The predicted molar refractivity (Wildman–Crippen MR) is 74.6 cm³/mol. The maximum absolute atomic E-state index is 6.37. The average molecular weight is 355 g/mol. The molecule has 1 aromatic rings. The quantitative estimate of drug-likeness (QED) is 0.444. The van der Waals surface area contributed by atoms with Gasteiger partial charge in [0.1, 0.15) is 0 Å². The zero-order valence-electron chi connectivity index (χ0n) is 8.77. The summed E-state index contributed by atoms with van der Waals surface area (Å²) in [6.45, 7) is 2.21. The molecule has 0 bridgehead atoms. The summed E-state index contributed by atoms with van der Waals surface area (Å²) in [6.07, 6.45) is 4.74. The van der Waals surface area contributed by atoms with E-state index in [1.807, 2.05) is 12.1 Å². The molecule has 1 rings (SSSR count). The van der Waals surface area contributed by atoms with Gasteiger partial charge in [-0.25, -0.2) is 0 Å². The fourth-order valence-electron chi connectivity index (χ4n) is 1.48. The highest BCUT2D eigenvalue weighted by Gasteiger charge is 2.11. The molecule has 15 heavy (non-hydrogen) atoms. The standard InChI is InChI=1S/C12H15Br2Cl/c1-2-3-4-5-12(15)10-8-9(13)6-7-11(10)14/h6-8,12H,2-5H2,1H3. The first kappa shape index (κ1) is 13.5. The van der Waals surface area contributed by atoms with E-state index in [1.165, 1.54) is 24.8 Å². The molecule has 0 aliphatic rings. The summed E-state index contributed by atoms with van der Waals surface area (Å²) >= 11 is 13.4. The smallest absolute Gasteiger partial charge is 0.0596 e. The molecule has 0 saturated heterocycles. The van der Waals surface area contributed by atoms with Crippen LogP contribution in [0.1, 0.15) is 43.5 Å². The largest absolute Gasteiger partial charge is 0.118 e. The summed E-state index contributed by atoms with van der Waals surface area (Å²) in [5.41, 5.74) is 1.18. The molecule has 0 heterocycles. The summed E-state index contributed by atoms with van der Waals surface area (Å²) in [7, 11) is 0. The maximum Gasteiger partial charge on any atom is 0.0596 e. The zero-order valence-corrected chi connectivity index (χ0v) is 12.7. The van der Waals surface area contributed by atoms with Crippen LogP contribution in [-0.2, 0) is 0 Å². The molecule has 0 aliphatic heterocycles. The van der Waals surface area contributed by atoms with Crippen molar-refractivity contribution in [3.8, 4) is 0 Å². The number of unbranched alkanes of at least 4 members (excludes halogenated alkanes) is 2. The van der Waals surface area contributed by atoms with Gasteiger partial charge in [-0.05, 0) is 30.2 Å². The Kier molecular flexibility index (Phi) is 6.25. The van der Waals surface area contributed by atoms with E-state index in [4.69, 9.17) is 11.6 Å². The van der Waals surface area contributed by atoms with Crippen molar-refractivity contribution in [1.82, 2.24) is 0 Å². The lowest BCUT2D eigenvalue weighted by atomic mass is 10.1. The van der Waals surface area contributed by atoms with Crippen LogP contribution in [0.2, 0.25) is 0 Å². The lowest BCUT2D eigenvalue weighted by Gasteiger charge is -2.12. The molecule has 0 saturated carbocycles. The van der Waals surface area contributed by atoms with Gasteiger partial charge in [0, 0.05) is 8.95 Å². The summed E-state index contributed by atoms with van der Waals surface area (Å²) in [5.74, 6) is 0. The number of alkyl halides is 1. The second kappa shape index (κ2) is 6.93. The second-order valence-electron chi connectivity index (χ2n) is 3.63. The Hall–Kier alpha value is 0.470. The molecule has 0 radical (unpaired) electrons. The van der Waals surface area contributed by atoms with Crippen molar-refractivity contribution in [1.29, 1.82) is 0 Å². The molecular weight excluding hydrogens is 339 g/mol. The molecule has 0 N–H and O–H groups in total. The Balaban J connectivity index is 2.64. The van der Waals surface area contributed by atoms with Gasteiger partial charge in [-0.15, -0.1) is 11.6 Å². The topological polar surface area (TPSA) is 0 Å². The number of hydrogen-bond acceptors (Lipinski definition) is 0. The van der Waals surface area contributed by atoms with Crippen LogP contribution in [0.25, 0.3) is 0 Å². The zero-order chi connectivity index (χ0) is 11.3. The van der Waals surface area contributed by atoms with E-state index in [0.717, 1.165) is 15.4 Å². The van der Waals surface area contributed by atoms with E-state index in [9.17, 15) is 0 Å². The molecule has 1 aromatic carbocycles. The van der Waals surface area contributed by atoms with E-state index >= 15 is 0 Å². The van der Waals surface area contributed by atoms with Gasteiger partial charge in [0.25, 0.3) is 0 Å². The van der Waals surface area contributed by atoms with Crippen LogP contribution in [0.5, 0.6) is 0 Å². The van der Waals surface area contributed by atoms with Crippen molar-refractivity contribution in [2.45, 2.75) is 38.0 Å². The third-order valence-electron chi connectivity index (χ3n) is 2.36. The Morgan fingerprint density at radius 2 is 2.00 bits per heavy atom. The highest BCUT2D eigenvalue weighted by Crippen LogP contribution is 2.33. The number of rotatable bonds is 5. The van der Waals surface area contributed by atoms with Crippen molar-refractivity contribution in [3.63, 3.8) is 0 Å². The fraction of sp³-hybridized carbons (Fsp3) is 0.500. The summed E-state index contributed by atoms with van der Waals surface area (Å²) in [5, 5.41) is 0.114. The highest BCUT2D eigenvalue weighted by atomic mass is 79.9. The van der Waals surface area contributed by atoms with Gasteiger partial charge in [0.15, 0.2) is 0 Å². The van der Waals surface area contributed by atoms with Crippen LogP contribution >= 0.6 is 43.5 Å². The molecule has 0 aromatic heterocycles. The van der Waals surface area contributed by atoms with E-state index in [2.05, 4.69) is 44.8 Å². The summed E-state index contributed by atoms with van der Waals surface area (Å²) in [6, 6.07) is 6.14. The van der Waals surface area contributed by atoms with E-state index in [0.29, 0.717) is 0 Å². The normalized spacial score (nSPS) is 12.8. The van der Waals surface area contributed by atoms with Gasteiger partial charge in [-0.1, -0.05) is 58.0 Å². The van der Waals surface area contributed by atoms with E-state index in [-0.39, 0.29) is 5.38 Å². The van der Waals surface area contributed by atoms with Crippen LogP contribution in [-0.4, -0.2) is 0 Å². The van der Waals surface area contributed by atoms with Crippen LogP contribution in [0, 0.1) is 0 Å². The maximum atomic E-state index is 6.37. The van der Waals surface area contributed by atoms with Crippen molar-refractivity contribution in [2.24, 2.45) is 0 Å². The van der Waals surface area contributed by atoms with Crippen LogP contribution in [0.3, 0.4) is 0 Å². The predicted octanol–water partition coefficient (Wildman–Crippen LogP) is 6.07. The molecule has 1 unspecified atom stereocenters. The molecule has 3 heteroatoms. The lowest BCUT2D eigenvalue weighted by Crippen LogP contribution is -1.92. The Bertz CT molecular complexity index is 312. The van der Waals surface area contributed by atoms with Crippen LogP contribution < -0.4 is 0 Å². The van der Waals surface area contributed by atoms with Gasteiger partial charge >= 0.3 is 0 Å². The molecule has 1 atom stereocenters. The number of hydrogen-bond donors (Lipinski definition) is 0. The monoisotopic (exact) mass is 352 g/mol. The minimum absolute atomic E-state index is 0.114. The average Bonchev–Trinajstić information content (AvgIpc) is 2.22. The van der Waals surface area contributed by atoms with Crippen LogP contribution in [0.15, 0.2) is 27.1 Å². The minimum Gasteiger partial charge on any atom is -0.118 e. The molecule has 0 fully saturated rings. The van der Waals surface area contributed by atoms with Crippen molar-refractivity contribution in [3.05, 3.63) is 32.7 Å². The number of halogens is 3. The van der Waals surface area contributed by atoms with E-state index < -0.39 is 0 Å². The Morgan fingerprint density at radius 3 is 2.67 bits per heavy atom. The Morgan fingerprint density at radius 1 is 1.27 bits per heavy atom. The molecule has 84 valence electrons. The van der Waals surface area contributed by atoms with Crippen molar-refractivity contribution in [2.75, 3.05) is 0 Å². The first-order valence-electron chi connectivity index (χ1n) is 5.24. The first-order valence-corrected chi connectivity index (χ1v) is 7.26. The summed E-state index contributed by atoms with van der Waals surface area (Å²) < 4.78 is 2.18. The van der Waals surface area contributed by atoms with Crippen molar-refractivity contribution >= 4 is 43.5 Å². The molecule has 0 spiro atoms. The first-order chi connectivity index (χ1) is 7.15. The molecule has 0 nitrogen and oxygen atoms in total. The van der Waals surface area contributed by atoms with Gasteiger partial charge < -0.3 is 0 Å².